The van der Waals surface area contributed by atoms with Crippen LogP contribution in [0.2, 0.25) is 0 Å². The number of hydrogen-bond donors (Lipinski definition) is 2. The maximum Gasteiger partial charge on any atom is 0.326 e. The molecule has 1 saturated carbocycles. The summed E-state index contributed by atoms with van der Waals surface area (Å²) in [5.41, 5.74) is 2.63. The van der Waals surface area contributed by atoms with Crippen LogP contribution in [0, 0.1) is 12.8 Å². The van der Waals surface area contributed by atoms with E-state index in [-0.39, 0.29) is 17.9 Å². The minimum Gasteiger partial charge on any atom is -0.457 e. The molecule has 0 bridgehead atoms. The number of carbonyl (C=O) groups is 2. The lowest BCUT2D eigenvalue weighted by Gasteiger charge is -2.24. The number of anilines is 2. The van der Waals surface area contributed by atoms with Gasteiger partial charge in [0.2, 0.25) is 5.91 Å². The molecule has 6 heteroatoms. The van der Waals surface area contributed by atoms with E-state index >= 15 is 0 Å². The van der Waals surface area contributed by atoms with Gasteiger partial charge in [-0.15, -0.1) is 0 Å². The van der Waals surface area contributed by atoms with Gasteiger partial charge in [-0.1, -0.05) is 35.9 Å². The molecule has 0 atom stereocenters. The summed E-state index contributed by atoms with van der Waals surface area (Å²) in [6.45, 7) is 3.02. The predicted molar refractivity (Wildman–Crippen MR) is 131 cm³/mol. The van der Waals surface area contributed by atoms with Gasteiger partial charge in [0.25, 0.3) is 0 Å². The van der Waals surface area contributed by atoms with Gasteiger partial charge < -0.3 is 15.4 Å². The van der Waals surface area contributed by atoms with E-state index in [2.05, 4.69) is 10.6 Å². The summed E-state index contributed by atoms with van der Waals surface area (Å²) >= 11 is 0. The van der Waals surface area contributed by atoms with Crippen molar-refractivity contribution < 1.29 is 14.3 Å². The first-order chi connectivity index (χ1) is 16.1. The van der Waals surface area contributed by atoms with Crippen molar-refractivity contribution in [1.29, 1.82) is 0 Å². The Kier molecular flexibility index (Phi) is 7.25. The first-order valence-corrected chi connectivity index (χ1v) is 11.3. The number of ether oxygens (including phenoxy) is 1. The number of urea groups is 1. The van der Waals surface area contributed by atoms with E-state index in [0.29, 0.717) is 25.3 Å². The highest BCUT2D eigenvalue weighted by molar-refractivity contribution is 6.01. The van der Waals surface area contributed by atoms with Crippen LogP contribution in [0.25, 0.3) is 0 Å². The maximum absolute atomic E-state index is 13.1. The smallest absolute Gasteiger partial charge is 0.326 e. The fourth-order valence-corrected chi connectivity index (χ4v) is 3.43. The molecule has 170 valence electrons. The number of hydrogen-bond acceptors (Lipinski definition) is 3. The quantitative estimate of drug-likeness (QED) is 0.414. The van der Waals surface area contributed by atoms with Crippen LogP contribution in [0.1, 0.15) is 24.8 Å². The Hall–Kier alpha value is -3.80. The zero-order valence-corrected chi connectivity index (χ0v) is 18.8. The molecule has 3 amide bonds. The molecule has 3 aromatic carbocycles. The topological polar surface area (TPSA) is 70.7 Å². The van der Waals surface area contributed by atoms with Crippen molar-refractivity contribution in [2.24, 2.45) is 5.92 Å². The molecule has 0 aliphatic heterocycles. The Morgan fingerprint density at radius 2 is 1.58 bits per heavy atom. The van der Waals surface area contributed by atoms with Gasteiger partial charge in [-0.2, -0.15) is 0 Å². The molecule has 0 saturated heterocycles. The number of benzene rings is 3. The van der Waals surface area contributed by atoms with E-state index in [1.165, 1.54) is 0 Å². The number of para-hydroxylation sites is 1. The highest BCUT2D eigenvalue weighted by Gasteiger charge is 2.29. The van der Waals surface area contributed by atoms with Crippen molar-refractivity contribution >= 4 is 23.3 Å². The Morgan fingerprint density at radius 3 is 2.24 bits per heavy atom. The second-order valence-electron chi connectivity index (χ2n) is 8.28. The zero-order chi connectivity index (χ0) is 23.0. The summed E-state index contributed by atoms with van der Waals surface area (Å²) in [6, 6.07) is 24.5. The number of rotatable bonds is 9. The van der Waals surface area contributed by atoms with Gasteiger partial charge in [0.1, 0.15) is 11.5 Å². The van der Waals surface area contributed by atoms with Crippen molar-refractivity contribution in [2.75, 3.05) is 23.3 Å². The Balaban J connectivity index is 1.42. The van der Waals surface area contributed by atoms with Gasteiger partial charge in [-0.05, 0) is 74.7 Å². The molecule has 4 rings (SSSR count). The number of carbonyl (C=O) groups excluding carboxylic acids is 2. The highest BCUT2D eigenvalue weighted by atomic mass is 16.5. The molecule has 0 radical (unpaired) electrons. The number of aryl methyl sites for hydroxylation is 1. The van der Waals surface area contributed by atoms with Crippen molar-refractivity contribution in [3.63, 3.8) is 0 Å². The molecule has 3 aromatic rings. The van der Waals surface area contributed by atoms with Gasteiger partial charge in [0, 0.05) is 30.4 Å². The van der Waals surface area contributed by atoms with Crippen LogP contribution in [0.5, 0.6) is 11.5 Å². The van der Waals surface area contributed by atoms with Crippen molar-refractivity contribution in [2.45, 2.75) is 26.2 Å². The normalized spacial score (nSPS) is 12.6. The third kappa shape index (κ3) is 6.59. The summed E-state index contributed by atoms with van der Waals surface area (Å²) in [7, 11) is 0. The van der Waals surface area contributed by atoms with Crippen LogP contribution in [0.4, 0.5) is 16.2 Å². The molecular weight excluding hydrogens is 414 g/mol. The number of amides is 3. The molecule has 1 aliphatic rings. The summed E-state index contributed by atoms with van der Waals surface area (Å²) in [5.74, 6) is 1.75. The van der Waals surface area contributed by atoms with E-state index in [0.717, 1.165) is 35.5 Å². The van der Waals surface area contributed by atoms with E-state index in [1.807, 2.05) is 85.8 Å². The van der Waals surface area contributed by atoms with Crippen LogP contribution in [0.3, 0.4) is 0 Å². The zero-order valence-electron chi connectivity index (χ0n) is 18.8. The molecule has 2 N–H and O–H groups in total. The van der Waals surface area contributed by atoms with Gasteiger partial charge in [0.15, 0.2) is 0 Å². The van der Waals surface area contributed by atoms with Crippen LogP contribution in [0.15, 0.2) is 78.9 Å². The Labute approximate surface area is 194 Å². The standard InChI is InChI=1S/C27H29N3O3/c1-20-8-12-22(13-9-20)29-27(32)30(19-5-18-28-26(31)21-10-11-21)23-14-16-25(17-15-23)33-24-6-3-2-4-7-24/h2-4,6-9,12-17,21H,5,10-11,18-19H2,1H3,(H,28,31)(H,29,32). The van der Waals surface area contributed by atoms with Crippen LogP contribution < -0.4 is 20.3 Å². The highest BCUT2D eigenvalue weighted by Crippen LogP contribution is 2.29. The fraction of sp³-hybridized carbons (Fsp3) is 0.259. The lowest BCUT2D eigenvalue weighted by molar-refractivity contribution is -0.122. The second-order valence-corrected chi connectivity index (χ2v) is 8.28. The molecular formula is C27H29N3O3. The summed E-state index contributed by atoms with van der Waals surface area (Å²) in [5, 5.41) is 5.93. The third-order valence-electron chi connectivity index (χ3n) is 5.48. The monoisotopic (exact) mass is 443 g/mol. The molecule has 1 aliphatic carbocycles. The lowest BCUT2D eigenvalue weighted by Crippen LogP contribution is -2.37. The van der Waals surface area contributed by atoms with Gasteiger partial charge in [-0.3, -0.25) is 9.69 Å². The Bertz CT molecular complexity index is 1060. The molecule has 6 nitrogen and oxygen atoms in total. The van der Waals surface area contributed by atoms with E-state index in [1.54, 1.807) is 4.90 Å². The van der Waals surface area contributed by atoms with E-state index in [4.69, 9.17) is 4.74 Å². The SMILES string of the molecule is Cc1ccc(NC(=O)N(CCCNC(=O)C2CC2)c2ccc(Oc3ccccc3)cc2)cc1. The van der Waals surface area contributed by atoms with Crippen LogP contribution in [-0.2, 0) is 4.79 Å². The van der Waals surface area contributed by atoms with E-state index < -0.39 is 0 Å². The molecule has 33 heavy (non-hydrogen) atoms. The Morgan fingerprint density at radius 1 is 0.909 bits per heavy atom. The molecule has 0 aromatic heterocycles. The number of nitrogens with zero attached hydrogens (tertiary/aromatic N) is 1. The first kappa shape index (κ1) is 22.4. The maximum atomic E-state index is 13.1. The summed E-state index contributed by atoms with van der Waals surface area (Å²) < 4.78 is 5.87. The fourth-order valence-electron chi connectivity index (χ4n) is 3.43. The molecule has 0 spiro atoms. The largest absolute Gasteiger partial charge is 0.457 e. The predicted octanol–water partition coefficient (Wildman–Crippen LogP) is 5.74. The molecule has 0 heterocycles. The first-order valence-electron chi connectivity index (χ1n) is 11.3. The average molecular weight is 444 g/mol. The minimum absolute atomic E-state index is 0.119. The van der Waals surface area contributed by atoms with E-state index in [9.17, 15) is 9.59 Å². The van der Waals surface area contributed by atoms with Gasteiger partial charge >= 0.3 is 6.03 Å². The van der Waals surface area contributed by atoms with Crippen LogP contribution in [-0.4, -0.2) is 25.0 Å². The molecule has 1 fully saturated rings. The van der Waals surface area contributed by atoms with Gasteiger partial charge in [-0.25, -0.2) is 4.79 Å². The second kappa shape index (κ2) is 10.7. The van der Waals surface area contributed by atoms with Gasteiger partial charge in [0.05, 0.1) is 0 Å². The minimum atomic E-state index is -0.218. The van der Waals surface area contributed by atoms with Crippen molar-refractivity contribution in [3.05, 3.63) is 84.4 Å². The number of nitrogens with one attached hydrogen (secondary N) is 2. The molecule has 0 unspecified atom stereocenters. The third-order valence-corrected chi connectivity index (χ3v) is 5.48. The van der Waals surface area contributed by atoms with Crippen molar-refractivity contribution in [1.82, 2.24) is 5.32 Å². The van der Waals surface area contributed by atoms with Crippen LogP contribution >= 0.6 is 0 Å². The lowest BCUT2D eigenvalue weighted by atomic mass is 10.2. The van der Waals surface area contributed by atoms with Crippen molar-refractivity contribution in [3.8, 4) is 11.5 Å². The summed E-state index contributed by atoms with van der Waals surface area (Å²) in [4.78, 5) is 26.7. The average Bonchev–Trinajstić information content (AvgIpc) is 3.67. The summed E-state index contributed by atoms with van der Waals surface area (Å²) in [6.07, 6.45) is 2.62.